The fraction of sp³-hybridized carbons (Fsp3) is 0.118. The van der Waals surface area contributed by atoms with Crippen molar-refractivity contribution in [2.24, 2.45) is 0 Å². The molecule has 0 bridgehead atoms. The van der Waals surface area contributed by atoms with Crippen LogP contribution in [0, 0.1) is 6.92 Å². The van der Waals surface area contributed by atoms with E-state index in [0.29, 0.717) is 5.95 Å². The number of hydrogen-bond donors (Lipinski definition) is 1. The highest BCUT2D eigenvalue weighted by Gasteiger charge is 2.12. The predicted molar refractivity (Wildman–Crippen MR) is 89.3 cm³/mol. The number of ether oxygens (including phenoxy) is 1. The number of anilines is 2. The lowest BCUT2D eigenvalue weighted by molar-refractivity contribution is 0.415. The average Bonchev–Trinajstić information content (AvgIpc) is 2.98. The molecule has 6 nitrogen and oxygen atoms in total. The van der Waals surface area contributed by atoms with E-state index in [9.17, 15) is 0 Å². The van der Waals surface area contributed by atoms with Crippen molar-refractivity contribution in [3.63, 3.8) is 0 Å². The van der Waals surface area contributed by atoms with Gasteiger partial charge in [-0.05, 0) is 31.2 Å². The molecule has 0 saturated carbocycles. The topological polar surface area (TPSA) is 64.3 Å². The van der Waals surface area contributed by atoms with Gasteiger partial charge in [-0.1, -0.05) is 18.2 Å². The molecule has 4 rings (SSSR count). The molecule has 1 N–H and O–H groups in total. The van der Waals surface area contributed by atoms with Gasteiger partial charge in [0.05, 0.1) is 12.6 Å². The number of aromatic nitrogens is 4. The summed E-state index contributed by atoms with van der Waals surface area (Å²) in [5, 5.41) is 12.8. The third-order valence-corrected chi connectivity index (χ3v) is 3.73. The van der Waals surface area contributed by atoms with E-state index in [2.05, 4.69) is 15.5 Å². The van der Waals surface area contributed by atoms with Gasteiger partial charge in [-0.15, -0.1) is 10.2 Å². The molecule has 0 amide bonds. The van der Waals surface area contributed by atoms with Gasteiger partial charge in [0.2, 0.25) is 5.95 Å². The Morgan fingerprint density at radius 2 is 1.91 bits per heavy atom. The number of benzene rings is 2. The van der Waals surface area contributed by atoms with E-state index in [-0.39, 0.29) is 0 Å². The fourth-order valence-corrected chi connectivity index (χ4v) is 2.63. The number of fused-ring (bicyclic) bond motifs is 3. The van der Waals surface area contributed by atoms with Crippen LogP contribution in [0.3, 0.4) is 0 Å². The van der Waals surface area contributed by atoms with Crippen molar-refractivity contribution in [3.05, 3.63) is 54.4 Å². The van der Waals surface area contributed by atoms with Gasteiger partial charge in [-0.3, -0.25) is 0 Å². The minimum atomic E-state index is 0.675. The number of para-hydroxylation sites is 1. The summed E-state index contributed by atoms with van der Waals surface area (Å²) in [4.78, 5) is 4.72. The smallest absolute Gasteiger partial charge is 0.215 e. The highest BCUT2D eigenvalue weighted by atomic mass is 16.5. The number of nitrogens with zero attached hydrogens (tertiary/aromatic N) is 4. The van der Waals surface area contributed by atoms with E-state index in [4.69, 9.17) is 9.72 Å². The maximum atomic E-state index is 5.27. The number of methoxy groups -OCH3 is 1. The molecule has 2 aromatic heterocycles. The predicted octanol–water partition coefficient (Wildman–Crippen LogP) is 3.34. The van der Waals surface area contributed by atoms with Crippen LogP contribution in [0.15, 0.2) is 48.5 Å². The van der Waals surface area contributed by atoms with Crippen LogP contribution < -0.4 is 10.1 Å². The first-order valence-corrected chi connectivity index (χ1v) is 7.28. The molecule has 2 aromatic carbocycles. The largest absolute Gasteiger partial charge is 0.497 e. The molecule has 0 radical (unpaired) electrons. The molecule has 114 valence electrons. The van der Waals surface area contributed by atoms with Gasteiger partial charge in [0, 0.05) is 17.1 Å². The molecule has 4 aromatic rings. The summed E-state index contributed by atoms with van der Waals surface area (Å²) in [5.74, 6) is 2.24. The van der Waals surface area contributed by atoms with Crippen molar-refractivity contribution in [1.29, 1.82) is 0 Å². The Morgan fingerprint density at radius 1 is 1.04 bits per heavy atom. The van der Waals surface area contributed by atoms with Gasteiger partial charge in [-0.25, -0.2) is 9.38 Å². The summed E-state index contributed by atoms with van der Waals surface area (Å²) >= 11 is 0. The van der Waals surface area contributed by atoms with Crippen molar-refractivity contribution >= 4 is 28.2 Å². The summed E-state index contributed by atoms with van der Waals surface area (Å²) in [5.41, 5.74) is 2.55. The molecule has 0 aliphatic heterocycles. The van der Waals surface area contributed by atoms with E-state index in [1.807, 2.05) is 59.9 Å². The summed E-state index contributed by atoms with van der Waals surface area (Å²) in [6.45, 7) is 1.91. The summed E-state index contributed by atoms with van der Waals surface area (Å²) in [6.07, 6.45) is 0. The van der Waals surface area contributed by atoms with E-state index < -0.39 is 0 Å². The standard InChI is InChI=1S/C17H15N5O/c1-11-20-21-16-14-8-3-4-9-15(14)19-17(22(11)16)18-12-6-5-7-13(10-12)23-2/h3-10H,1-2H3,(H,18,19). The lowest BCUT2D eigenvalue weighted by Gasteiger charge is -2.11. The van der Waals surface area contributed by atoms with Crippen LogP contribution in [0.5, 0.6) is 5.75 Å². The van der Waals surface area contributed by atoms with Crippen molar-refractivity contribution in [3.8, 4) is 5.75 Å². The van der Waals surface area contributed by atoms with Gasteiger partial charge in [0.15, 0.2) is 5.65 Å². The maximum absolute atomic E-state index is 5.27. The van der Waals surface area contributed by atoms with Crippen LogP contribution in [0.4, 0.5) is 11.6 Å². The molecule has 0 fully saturated rings. The summed E-state index contributed by atoms with van der Waals surface area (Å²) in [6, 6.07) is 15.6. The lowest BCUT2D eigenvalue weighted by Crippen LogP contribution is -2.04. The molecule has 0 aliphatic carbocycles. The summed E-state index contributed by atoms with van der Waals surface area (Å²) in [7, 11) is 1.65. The van der Waals surface area contributed by atoms with Gasteiger partial charge in [-0.2, -0.15) is 0 Å². The molecule has 0 spiro atoms. The first-order valence-electron chi connectivity index (χ1n) is 7.28. The molecule has 2 heterocycles. The van der Waals surface area contributed by atoms with Gasteiger partial charge in [0.1, 0.15) is 11.6 Å². The lowest BCUT2D eigenvalue weighted by atomic mass is 10.2. The second-order valence-corrected chi connectivity index (χ2v) is 5.22. The second kappa shape index (κ2) is 5.24. The minimum absolute atomic E-state index is 0.675. The number of nitrogens with one attached hydrogen (secondary N) is 1. The first-order chi connectivity index (χ1) is 11.3. The molecule has 0 aliphatic rings. The zero-order chi connectivity index (χ0) is 15.8. The van der Waals surface area contributed by atoms with Crippen LogP contribution in [-0.4, -0.2) is 26.7 Å². The van der Waals surface area contributed by atoms with Gasteiger partial charge < -0.3 is 10.1 Å². The third-order valence-electron chi connectivity index (χ3n) is 3.73. The molecular formula is C17H15N5O. The van der Waals surface area contributed by atoms with E-state index in [0.717, 1.165) is 33.8 Å². The van der Waals surface area contributed by atoms with Crippen molar-refractivity contribution in [2.75, 3.05) is 12.4 Å². The maximum Gasteiger partial charge on any atom is 0.215 e. The molecular weight excluding hydrogens is 290 g/mol. The van der Waals surface area contributed by atoms with Crippen molar-refractivity contribution in [1.82, 2.24) is 19.6 Å². The highest BCUT2D eigenvalue weighted by molar-refractivity contribution is 5.92. The minimum Gasteiger partial charge on any atom is -0.497 e. The monoisotopic (exact) mass is 305 g/mol. The molecule has 6 heteroatoms. The van der Waals surface area contributed by atoms with Crippen LogP contribution in [0.1, 0.15) is 5.82 Å². The zero-order valence-corrected chi connectivity index (χ0v) is 12.8. The molecule has 0 unspecified atom stereocenters. The van der Waals surface area contributed by atoms with Crippen molar-refractivity contribution < 1.29 is 4.74 Å². The van der Waals surface area contributed by atoms with Gasteiger partial charge in [0.25, 0.3) is 0 Å². The Morgan fingerprint density at radius 3 is 2.78 bits per heavy atom. The molecule has 0 atom stereocenters. The van der Waals surface area contributed by atoms with Crippen LogP contribution >= 0.6 is 0 Å². The number of aryl methyl sites for hydroxylation is 1. The molecule has 23 heavy (non-hydrogen) atoms. The Hall–Kier alpha value is -3.15. The number of rotatable bonds is 3. The second-order valence-electron chi connectivity index (χ2n) is 5.22. The van der Waals surface area contributed by atoms with Crippen LogP contribution in [-0.2, 0) is 0 Å². The molecule has 0 saturated heterocycles. The Balaban J connectivity index is 1.92. The van der Waals surface area contributed by atoms with E-state index in [1.54, 1.807) is 7.11 Å². The average molecular weight is 305 g/mol. The highest BCUT2D eigenvalue weighted by Crippen LogP contribution is 2.25. The zero-order valence-electron chi connectivity index (χ0n) is 12.8. The number of hydrogen-bond acceptors (Lipinski definition) is 5. The van der Waals surface area contributed by atoms with Crippen molar-refractivity contribution in [2.45, 2.75) is 6.92 Å². The Bertz CT molecular complexity index is 1010. The summed E-state index contributed by atoms with van der Waals surface area (Å²) < 4.78 is 7.19. The van der Waals surface area contributed by atoms with Crippen LogP contribution in [0.2, 0.25) is 0 Å². The fourth-order valence-electron chi connectivity index (χ4n) is 2.63. The Kier molecular flexibility index (Phi) is 3.08. The van der Waals surface area contributed by atoms with E-state index in [1.165, 1.54) is 0 Å². The van der Waals surface area contributed by atoms with E-state index >= 15 is 0 Å². The Labute approximate surface area is 132 Å². The first kappa shape index (κ1) is 13.5. The quantitative estimate of drug-likeness (QED) is 0.629. The van der Waals surface area contributed by atoms with Crippen LogP contribution in [0.25, 0.3) is 16.6 Å². The van der Waals surface area contributed by atoms with Gasteiger partial charge >= 0.3 is 0 Å². The SMILES string of the molecule is COc1cccc(Nc2nc3ccccc3c3nnc(C)n23)c1. The third kappa shape index (κ3) is 2.24. The normalized spacial score (nSPS) is 11.0.